The molecule has 17 heavy (non-hydrogen) atoms. The number of sulfone groups is 1. The van der Waals surface area contributed by atoms with E-state index in [1.807, 2.05) is 0 Å². The van der Waals surface area contributed by atoms with Gasteiger partial charge in [0.05, 0.1) is 17.4 Å². The van der Waals surface area contributed by atoms with E-state index in [1.54, 1.807) is 0 Å². The fraction of sp³-hybridized carbons (Fsp3) is 0.800. The summed E-state index contributed by atoms with van der Waals surface area (Å²) in [7, 11) is -3.10. The Morgan fingerprint density at radius 2 is 1.94 bits per heavy atom. The molecule has 2 aliphatic heterocycles. The normalized spacial score (nSPS) is 31.6. The minimum Gasteiger partial charge on any atom is -0.480 e. The van der Waals surface area contributed by atoms with E-state index in [9.17, 15) is 18.0 Å². The molecule has 0 aromatic rings. The van der Waals surface area contributed by atoms with Gasteiger partial charge in [-0.25, -0.2) is 13.2 Å². The van der Waals surface area contributed by atoms with Gasteiger partial charge >= 0.3 is 5.97 Å². The monoisotopic (exact) mass is 261 g/mol. The lowest BCUT2D eigenvalue weighted by atomic mass is 10.1. The Hall–Kier alpha value is -1.11. The first-order chi connectivity index (χ1) is 7.91. The summed E-state index contributed by atoms with van der Waals surface area (Å²) >= 11 is 0. The summed E-state index contributed by atoms with van der Waals surface area (Å²) in [5.74, 6) is -1.95. The summed E-state index contributed by atoms with van der Waals surface area (Å²) < 4.78 is 22.6. The van der Waals surface area contributed by atoms with Gasteiger partial charge in [-0.3, -0.25) is 4.79 Å². The van der Waals surface area contributed by atoms with Crippen LogP contribution < -0.4 is 0 Å². The topological polar surface area (TPSA) is 91.8 Å². The molecule has 0 spiro atoms. The zero-order valence-electron chi connectivity index (χ0n) is 9.33. The number of likely N-dealkylation sites (tertiary alicyclic amines) is 1. The molecule has 2 fully saturated rings. The van der Waals surface area contributed by atoms with Crippen LogP contribution in [0.15, 0.2) is 0 Å². The molecular formula is C10H15NO5S. The van der Waals surface area contributed by atoms with Gasteiger partial charge in [-0.2, -0.15) is 0 Å². The molecule has 2 saturated heterocycles. The van der Waals surface area contributed by atoms with E-state index in [0.717, 1.165) is 0 Å². The van der Waals surface area contributed by atoms with Gasteiger partial charge in [-0.1, -0.05) is 0 Å². The van der Waals surface area contributed by atoms with Crippen molar-refractivity contribution >= 4 is 21.7 Å². The van der Waals surface area contributed by atoms with Crippen molar-refractivity contribution in [2.24, 2.45) is 5.92 Å². The van der Waals surface area contributed by atoms with Crippen LogP contribution in [0.2, 0.25) is 0 Å². The molecule has 2 heterocycles. The number of aliphatic carboxylic acids is 1. The van der Waals surface area contributed by atoms with E-state index in [2.05, 4.69) is 0 Å². The quantitative estimate of drug-likeness (QED) is 0.723. The maximum Gasteiger partial charge on any atom is 0.326 e. The predicted molar refractivity (Wildman–Crippen MR) is 59.1 cm³/mol. The second-order valence-corrected chi connectivity index (χ2v) is 6.86. The highest BCUT2D eigenvalue weighted by atomic mass is 32.2. The molecule has 2 atom stereocenters. The van der Waals surface area contributed by atoms with Crippen LogP contribution in [0.4, 0.5) is 0 Å². The van der Waals surface area contributed by atoms with Crippen LogP contribution in [0, 0.1) is 5.92 Å². The lowest BCUT2D eigenvalue weighted by molar-refractivity contribution is -0.149. The first-order valence-electron chi connectivity index (χ1n) is 5.64. The van der Waals surface area contributed by atoms with Gasteiger partial charge in [0.25, 0.3) is 0 Å². The Balaban J connectivity index is 2.08. The van der Waals surface area contributed by atoms with Crippen LogP contribution in [0.1, 0.15) is 19.3 Å². The largest absolute Gasteiger partial charge is 0.480 e. The number of carbonyl (C=O) groups excluding carboxylic acids is 1. The maximum absolute atomic E-state index is 12.0. The van der Waals surface area contributed by atoms with Crippen molar-refractivity contribution in [3.05, 3.63) is 0 Å². The zero-order valence-corrected chi connectivity index (χ0v) is 10.1. The van der Waals surface area contributed by atoms with Gasteiger partial charge < -0.3 is 10.0 Å². The lowest BCUT2D eigenvalue weighted by Gasteiger charge is -2.24. The fourth-order valence-corrected chi connectivity index (χ4v) is 4.24. The number of rotatable bonds is 2. The number of nitrogens with zero attached hydrogens (tertiary/aromatic N) is 1. The SMILES string of the molecule is O=C(O)[C@@H]1CCCN1C(=O)C1CCS(=O)(=O)C1. The molecule has 0 radical (unpaired) electrons. The van der Waals surface area contributed by atoms with Crippen LogP contribution in [0.3, 0.4) is 0 Å². The number of carboxylic acid groups (broad SMARTS) is 1. The van der Waals surface area contributed by atoms with E-state index in [-0.39, 0.29) is 17.4 Å². The molecule has 0 bridgehead atoms. The van der Waals surface area contributed by atoms with Crippen molar-refractivity contribution in [2.45, 2.75) is 25.3 Å². The molecule has 0 aromatic carbocycles. The van der Waals surface area contributed by atoms with Crippen molar-refractivity contribution in [1.82, 2.24) is 4.90 Å². The molecular weight excluding hydrogens is 246 g/mol. The lowest BCUT2D eigenvalue weighted by Crippen LogP contribution is -2.43. The van der Waals surface area contributed by atoms with Crippen molar-refractivity contribution in [2.75, 3.05) is 18.1 Å². The third kappa shape index (κ3) is 2.43. The van der Waals surface area contributed by atoms with E-state index in [1.165, 1.54) is 4.90 Å². The summed E-state index contributed by atoms with van der Waals surface area (Å²) in [4.78, 5) is 24.3. The molecule has 7 heteroatoms. The zero-order chi connectivity index (χ0) is 12.6. The number of hydrogen-bond donors (Lipinski definition) is 1. The average Bonchev–Trinajstić information content (AvgIpc) is 2.82. The summed E-state index contributed by atoms with van der Waals surface area (Å²) in [6.45, 7) is 0.423. The van der Waals surface area contributed by atoms with Gasteiger partial charge in [-0.15, -0.1) is 0 Å². The summed E-state index contributed by atoms with van der Waals surface area (Å²) in [5, 5.41) is 8.97. The van der Waals surface area contributed by atoms with E-state index < -0.39 is 27.8 Å². The fourth-order valence-electron chi connectivity index (χ4n) is 2.51. The van der Waals surface area contributed by atoms with Crippen LogP contribution in [-0.4, -0.2) is 54.4 Å². The van der Waals surface area contributed by atoms with E-state index >= 15 is 0 Å². The minimum absolute atomic E-state index is 0.0367. The Morgan fingerprint density at radius 3 is 2.47 bits per heavy atom. The van der Waals surface area contributed by atoms with Crippen LogP contribution in [0.25, 0.3) is 0 Å². The Morgan fingerprint density at radius 1 is 1.24 bits per heavy atom. The molecule has 6 nitrogen and oxygen atoms in total. The molecule has 0 aliphatic carbocycles. The number of amides is 1. The molecule has 2 rings (SSSR count). The van der Waals surface area contributed by atoms with Crippen molar-refractivity contribution in [3.63, 3.8) is 0 Å². The summed E-state index contributed by atoms with van der Waals surface area (Å²) in [6.07, 6.45) is 1.45. The molecule has 1 N–H and O–H groups in total. The van der Waals surface area contributed by atoms with Gasteiger partial charge in [0.15, 0.2) is 9.84 Å². The number of carboxylic acids is 1. The first kappa shape index (κ1) is 12.3. The van der Waals surface area contributed by atoms with Crippen molar-refractivity contribution < 1.29 is 23.1 Å². The Labute approximate surface area is 99.5 Å². The smallest absolute Gasteiger partial charge is 0.326 e. The summed E-state index contributed by atoms with van der Waals surface area (Å²) in [6, 6.07) is -0.772. The standard InChI is InChI=1S/C10H15NO5S/c12-9(7-3-5-17(15,16)6-7)11-4-1-2-8(11)10(13)14/h7-8H,1-6H2,(H,13,14)/t7?,8-/m0/s1. The second kappa shape index (κ2) is 4.29. The molecule has 2 aliphatic rings. The van der Waals surface area contributed by atoms with Crippen molar-refractivity contribution in [3.8, 4) is 0 Å². The summed E-state index contributed by atoms with van der Waals surface area (Å²) in [5.41, 5.74) is 0. The number of hydrogen-bond acceptors (Lipinski definition) is 4. The van der Waals surface area contributed by atoms with Crippen LogP contribution in [-0.2, 0) is 19.4 Å². The first-order valence-corrected chi connectivity index (χ1v) is 7.46. The molecule has 0 aromatic heterocycles. The third-order valence-electron chi connectivity index (χ3n) is 3.40. The van der Waals surface area contributed by atoms with E-state index in [4.69, 9.17) is 5.11 Å². The van der Waals surface area contributed by atoms with Crippen molar-refractivity contribution in [1.29, 1.82) is 0 Å². The van der Waals surface area contributed by atoms with Gasteiger partial charge in [-0.05, 0) is 19.3 Å². The predicted octanol–water partition coefficient (Wildman–Crippen LogP) is -0.503. The van der Waals surface area contributed by atoms with Crippen LogP contribution >= 0.6 is 0 Å². The maximum atomic E-state index is 12.0. The van der Waals surface area contributed by atoms with Gasteiger partial charge in [0.2, 0.25) is 5.91 Å². The molecule has 0 saturated carbocycles. The Kier molecular flexibility index (Phi) is 3.11. The molecule has 96 valence electrons. The number of carbonyl (C=O) groups is 2. The molecule has 1 unspecified atom stereocenters. The highest BCUT2D eigenvalue weighted by Crippen LogP contribution is 2.25. The third-order valence-corrected chi connectivity index (χ3v) is 5.17. The highest BCUT2D eigenvalue weighted by molar-refractivity contribution is 7.91. The highest BCUT2D eigenvalue weighted by Gasteiger charge is 2.41. The average molecular weight is 261 g/mol. The minimum atomic E-state index is -3.10. The van der Waals surface area contributed by atoms with Crippen LogP contribution in [0.5, 0.6) is 0 Å². The van der Waals surface area contributed by atoms with E-state index in [0.29, 0.717) is 25.8 Å². The second-order valence-electron chi connectivity index (χ2n) is 4.63. The Bertz CT molecular complexity index is 444. The molecule has 1 amide bonds. The van der Waals surface area contributed by atoms with Gasteiger partial charge in [0.1, 0.15) is 6.04 Å². The van der Waals surface area contributed by atoms with Gasteiger partial charge in [0, 0.05) is 6.54 Å².